The van der Waals surface area contributed by atoms with Crippen LogP contribution in [0.1, 0.15) is 13.3 Å². The second kappa shape index (κ2) is 4.56. The fraction of sp³-hybridized carbons (Fsp3) is 0.300. The maximum absolute atomic E-state index is 13.1. The Balaban J connectivity index is 2.82. The van der Waals surface area contributed by atoms with Crippen molar-refractivity contribution in [2.24, 2.45) is 0 Å². The molecule has 74 valence electrons. The first-order valence-corrected chi connectivity index (χ1v) is 4.28. The van der Waals surface area contributed by atoms with Crippen molar-refractivity contribution < 1.29 is 8.78 Å². The first-order valence-electron chi connectivity index (χ1n) is 4.28. The van der Waals surface area contributed by atoms with Gasteiger partial charge in [-0.15, -0.1) is 0 Å². The third kappa shape index (κ3) is 2.43. The molecule has 1 aromatic carbocycles. The van der Waals surface area contributed by atoms with Crippen LogP contribution in [0.25, 0.3) is 0 Å². The van der Waals surface area contributed by atoms with Gasteiger partial charge < -0.3 is 5.32 Å². The number of anilines is 1. The van der Waals surface area contributed by atoms with Crippen molar-refractivity contribution in [3.05, 3.63) is 29.8 Å². The van der Waals surface area contributed by atoms with E-state index in [1.54, 1.807) is 0 Å². The van der Waals surface area contributed by atoms with Gasteiger partial charge in [-0.05, 0) is 18.6 Å². The quantitative estimate of drug-likeness (QED) is 0.806. The minimum Gasteiger partial charge on any atom is -0.367 e. The number of benzene rings is 1. The molecule has 0 aliphatic rings. The van der Waals surface area contributed by atoms with Crippen LogP contribution in [0.5, 0.6) is 0 Å². The molecule has 0 saturated heterocycles. The maximum Gasteiger partial charge on any atom is 0.149 e. The Hall–Kier alpha value is -1.63. The van der Waals surface area contributed by atoms with E-state index in [4.69, 9.17) is 5.26 Å². The summed E-state index contributed by atoms with van der Waals surface area (Å²) in [5.74, 6) is -1.31. The monoisotopic (exact) mass is 196 g/mol. The van der Waals surface area contributed by atoms with E-state index < -0.39 is 17.7 Å². The van der Waals surface area contributed by atoms with Crippen LogP contribution in [0, 0.1) is 23.0 Å². The van der Waals surface area contributed by atoms with Crippen LogP contribution < -0.4 is 5.32 Å². The third-order valence-electron chi connectivity index (χ3n) is 1.82. The van der Waals surface area contributed by atoms with Gasteiger partial charge in [-0.3, -0.25) is 0 Å². The molecule has 1 atom stereocenters. The van der Waals surface area contributed by atoms with Crippen LogP contribution in [-0.4, -0.2) is 6.04 Å². The summed E-state index contributed by atoms with van der Waals surface area (Å²) in [7, 11) is 0. The number of hydrogen-bond acceptors (Lipinski definition) is 2. The molecule has 4 heteroatoms. The van der Waals surface area contributed by atoms with Gasteiger partial charge in [0.05, 0.1) is 11.8 Å². The van der Waals surface area contributed by atoms with Gasteiger partial charge >= 0.3 is 0 Å². The number of hydrogen-bond donors (Lipinski definition) is 1. The van der Waals surface area contributed by atoms with Gasteiger partial charge in [-0.1, -0.05) is 6.92 Å². The second-order valence-corrected chi connectivity index (χ2v) is 2.86. The highest BCUT2D eigenvalue weighted by atomic mass is 19.1. The minimum absolute atomic E-state index is 0.153. The lowest BCUT2D eigenvalue weighted by atomic mass is 10.2. The highest BCUT2D eigenvalue weighted by Crippen LogP contribution is 2.16. The lowest BCUT2D eigenvalue weighted by molar-refractivity contribution is 0.584. The van der Waals surface area contributed by atoms with Gasteiger partial charge in [0.1, 0.15) is 17.7 Å². The second-order valence-electron chi connectivity index (χ2n) is 2.86. The van der Waals surface area contributed by atoms with E-state index in [9.17, 15) is 8.78 Å². The molecule has 0 heterocycles. The number of nitriles is 1. The summed E-state index contributed by atoms with van der Waals surface area (Å²) in [6.07, 6.45) is 0.563. The molecular formula is C10H10F2N2. The van der Waals surface area contributed by atoms with Crippen molar-refractivity contribution >= 4 is 5.69 Å². The molecular weight excluding hydrogens is 186 g/mol. The number of halogens is 2. The fourth-order valence-corrected chi connectivity index (χ4v) is 1.02. The molecule has 1 aromatic rings. The Bertz CT molecular complexity index is 358. The minimum atomic E-state index is -0.682. The number of rotatable bonds is 3. The van der Waals surface area contributed by atoms with E-state index in [-0.39, 0.29) is 5.69 Å². The normalized spacial score (nSPS) is 11.9. The molecule has 0 fully saturated rings. The number of nitrogens with one attached hydrogen (secondary N) is 1. The van der Waals surface area contributed by atoms with E-state index in [0.29, 0.717) is 6.42 Å². The summed E-state index contributed by atoms with van der Waals surface area (Å²) in [4.78, 5) is 0. The highest BCUT2D eigenvalue weighted by molar-refractivity contribution is 5.46. The van der Waals surface area contributed by atoms with Crippen molar-refractivity contribution in [2.45, 2.75) is 19.4 Å². The van der Waals surface area contributed by atoms with Gasteiger partial charge in [0.2, 0.25) is 0 Å². The van der Waals surface area contributed by atoms with Gasteiger partial charge in [0.15, 0.2) is 0 Å². The lowest BCUT2D eigenvalue weighted by Crippen LogP contribution is -2.16. The Morgan fingerprint density at radius 1 is 1.50 bits per heavy atom. The van der Waals surface area contributed by atoms with E-state index in [1.165, 1.54) is 6.07 Å². The van der Waals surface area contributed by atoms with E-state index in [0.717, 1.165) is 12.1 Å². The summed E-state index contributed by atoms with van der Waals surface area (Å²) >= 11 is 0. The molecule has 1 unspecified atom stereocenters. The molecule has 1 N–H and O–H groups in total. The SMILES string of the molecule is CCC(C#N)Nc1ccc(F)cc1F. The molecule has 0 aromatic heterocycles. The average molecular weight is 196 g/mol. The van der Waals surface area contributed by atoms with Crippen molar-refractivity contribution in [3.8, 4) is 6.07 Å². The third-order valence-corrected chi connectivity index (χ3v) is 1.82. The molecule has 0 spiro atoms. The Kier molecular flexibility index (Phi) is 3.41. The maximum atomic E-state index is 13.1. The predicted molar refractivity (Wildman–Crippen MR) is 49.7 cm³/mol. The van der Waals surface area contributed by atoms with Crippen molar-refractivity contribution in [1.82, 2.24) is 0 Å². The summed E-state index contributed by atoms with van der Waals surface area (Å²) in [6.45, 7) is 1.81. The number of nitrogens with zero attached hydrogens (tertiary/aromatic N) is 1. The van der Waals surface area contributed by atoms with E-state index in [1.807, 2.05) is 13.0 Å². The summed E-state index contributed by atoms with van der Waals surface area (Å²) in [5.41, 5.74) is 0.153. The zero-order chi connectivity index (χ0) is 10.6. The summed E-state index contributed by atoms with van der Waals surface area (Å²) in [5, 5.41) is 11.3. The Morgan fingerprint density at radius 2 is 2.21 bits per heavy atom. The van der Waals surface area contributed by atoms with Crippen LogP contribution in [-0.2, 0) is 0 Å². The van der Waals surface area contributed by atoms with Crippen LogP contribution in [0.2, 0.25) is 0 Å². The van der Waals surface area contributed by atoms with Gasteiger partial charge in [-0.25, -0.2) is 8.78 Å². The lowest BCUT2D eigenvalue weighted by Gasteiger charge is -2.10. The van der Waals surface area contributed by atoms with Crippen LogP contribution in [0.3, 0.4) is 0 Å². The van der Waals surface area contributed by atoms with Crippen molar-refractivity contribution in [3.63, 3.8) is 0 Å². The molecule has 14 heavy (non-hydrogen) atoms. The van der Waals surface area contributed by atoms with Crippen molar-refractivity contribution in [2.75, 3.05) is 5.32 Å². The zero-order valence-electron chi connectivity index (χ0n) is 7.72. The Morgan fingerprint density at radius 3 is 2.71 bits per heavy atom. The molecule has 0 bridgehead atoms. The zero-order valence-corrected chi connectivity index (χ0v) is 7.72. The largest absolute Gasteiger partial charge is 0.367 e. The predicted octanol–water partition coefficient (Wildman–Crippen LogP) is 2.68. The highest BCUT2D eigenvalue weighted by Gasteiger charge is 2.08. The summed E-state index contributed by atoms with van der Waals surface area (Å²) < 4.78 is 25.6. The van der Waals surface area contributed by atoms with E-state index in [2.05, 4.69) is 5.32 Å². The molecule has 0 saturated carbocycles. The van der Waals surface area contributed by atoms with Crippen LogP contribution in [0.15, 0.2) is 18.2 Å². The van der Waals surface area contributed by atoms with Crippen LogP contribution >= 0.6 is 0 Å². The summed E-state index contributed by atoms with van der Waals surface area (Å²) in [6, 6.07) is 4.74. The standard InChI is InChI=1S/C10H10F2N2/c1-2-8(6-13)14-10-4-3-7(11)5-9(10)12/h3-5,8,14H,2H2,1H3. The first kappa shape index (κ1) is 10.5. The Labute approximate surface area is 81.2 Å². The molecule has 0 radical (unpaired) electrons. The molecule has 0 aliphatic carbocycles. The molecule has 1 rings (SSSR count). The van der Waals surface area contributed by atoms with Gasteiger partial charge in [0, 0.05) is 6.07 Å². The topological polar surface area (TPSA) is 35.8 Å². The fourth-order valence-electron chi connectivity index (χ4n) is 1.02. The molecule has 0 aliphatic heterocycles. The van der Waals surface area contributed by atoms with Crippen molar-refractivity contribution in [1.29, 1.82) is 5.26 Å². The molecule has 0 amide bonds. The first-order chi connectivity index (χ1) is 6.67. The van der Waals surface area contributed by atoms with Gasteiger partial charge in [0.25, 0.3) is 0 Å². The van der Waals surface area contributed by atoms with E-state index >= 15 is 0 Å². The van der Waals surface area contributed by atoms with Crippen LogP contribution in [0.4, 0.5) is 14.5 Å². The average Bonchev–Trinajstić information content (AvgIpc) is 2.17. The smallest absolute Gasteiger partial charge is 0.149 e. The molecule has 2 nitrogen and oxygen atoms in total. The van der Waals surface area contributed by atoms with Gasteiger partial charge in [-0.2, -0.15) is 5.26 Å².